The molecule has 2 aliphatic carbocycles. The van der Waals surface area contributed by atoms with E-state index >= 15 is 0 Å². The van der Waals surface area contributed by atoms with Crippen molar-refractivity contribution in [3.8, 4) is 0 Å². The standard InChI is InChI=1S/C16H26N4OS/c1-10-5-4-6-13(11(10)2)17-14(21)9-22-16-19-18-15(20(16)3)12-7-8-12/h10-13H,4-9H2,1-3H3,(H,17,21)/t10-,11-,13-/m1/s1. The number of carbonyl (C=O) groups is 1. The third-order valence-corrected chi connectivity index (χ3v) is 6.22. The lowest BCUT2D eigenvalue weighted by molar-refractivity contribution is -0.120. The van der Waals surface area contributed by atoms with Crippen LogP contribution in [0.25, 0.3) is 0 Å². The first-order valence-corrected chi connectivity index (χ1v) is 9.36. The first-order valence-electron chi connectivity index (χ1n) is 8.37. The molecule has 0 spiro atoms. The Hall–Kier alpha value is -1.04. The highest BCUT2D eigenvalue weighted by Crippen LogP contribution is 2.39. The van der Waals surface area contributed by atoms with Crippen LogP contribution in [-0.4, -0.2) is 32.5 Å². The number of amides is 1. The molecule has 6 heteroatoms. The largest absolute Gasteiger partial charge is 0.352 e. The molecule has 1 heterocycles. The van der Waals surface area contributed by atoms with Crippen LogP contribution in [0.2, 0.25) is 0 Å². The molecule has 0 aliphatic heterocycles. The van der Waals surface area contributed by atoms with Crippen molar-refractivity contribution in [2.45, 2.75) is 63.1 Å². The number of carbonyl (C=O) groups excluding carboxylic acids is 1. The van der Waals surface area contributed by atoms with E-state index in [0.717, 1.165) is 17.4 Å². The summed E-state index contributed by atoms with van der Waals surface area (Å²) in [4.78, 5) is 12.2. The van der Waals surface area contributed by atoms with Crippen molar-refractivity contribution < 1.29 is 4.79 Å². The van der Waals surface area contributed by atoms with Crippen LogP contribution >= 0.6 is 11.8 Å². The number of thioether (sulfide) groups is 1. The lowest BCUT2D eigenvalue weighted by Crippen LogP contribution is -2.44. The molecule has 122 valence electrons. The van der Waals surface area contributed by atoms with E-state index in [2.05, 4.69) is 29.4 Å². The number of nitrogens with zero attached hydrogens (tertiary/aromatic N) is 3. The van der Waals surface area contributed by atoms with Crippen LogP contribution in [0, 0.1) is 11.8 Å². The Morgan fingerprint density at radius 1 is 1.27 bits per heavy atom. The molecule has 0 bridgehead atoms. The van der Waals surface area contributed by atoms with E-state index in [0.29, 0.717) is 29.5 Å². The minimum Gasteiger partial charge on any atom is -0.352 e. The Labute approximate surface area is 136 Å². The lowest BCUT2D eigenvalue weighted by Gasteiger charge is -2.34. The van der Waals surface area contributed by atoms with Crippen molar-refractivity contribution in [3.05, 3.63) is 5.82 Å². The third kappa shape index (κ3) is 3.47. The van der Waals surface area contributed by atoms with Crippen molar-refractivity contribution in [3.63, 3.8) is 0 Å². The molecule has 0 aromatic carbocycles. The fourth-order valence-electron chi connectivity index (χ4n) is 3.31. The Morgan fingerprint density at radius 3 is 2.77 bits per heavy atom. The normalized spacial score (nSPS) is 28.6. The van der Waals surface area contributed by atoms with Gasteiger partial charge in [-0.05, 0) is 31.1 Å². The lowest BCUT2D eigenvalue weighted by atomic mass is 9.78. The maximum Gasteiger partial charge on any atom is 0.230 e. The third-order valence-electron chi connectivity index (χ3n) is 5.20. The van der Waals surface area contributed by atoms with Gasteiger partial charge in [0.2, 0.25) is 5.91 Å². The Balaban J connectivity index is 1.50. The van der Waals surface area contributed by atoms with Crippen molar-refractivity contribution in [1.29, 1.82) is 0 Å². The van der Waals surface area contributed by atoms with Crippen LogP contribution in [0.1, 0.15) is 57.7 Å². The number of hydrogen-bond acceptors (Lipinski definition) is 4. The molecule has 3 rings (SSSR count). The summed E-state index contributed by atoms with van der Waals surface area (Å²) < 4.78 is 2.04. The quantitative estimate of drug-likeness (QED) is 0.847. The van der Waals surface area contributed by atoms with Crippen molar-refractivity contribution in [2.24, 2.45) is 18.9 Å². The molecule has 1 N–H and O–H groups in total. The van der Waals surface area contributed by atoms with Gasteiger partial charge in [0.1, 0.15) is 5.82 Å². The highest BCUT2D eigenvalue weighted by molar-refractivity contribution is 7.99. The predicted molar refractivity (Wildman–Crippen MR) is 87.8 cm³/mol. The van der Waals surface area contributed by atoms with Gasteiger partial charge in [0.05, 0.1) is 5.75 Å². The van der Waals surface area contributed by atoms with Gasteiger partial charge in [0.15, 0.2) is 5.16 Å². The Morgan fingerprint density at radius 2 is 2.05 bits per heavy atom. The van der Waals surface area contributed by atoms with Gasteiger partial charge in [0, 0.05) is 19.0 Å². The van der Waals surface area contributed by atoms with Crippen molar-refractivity contribution in [1.82, 2.24) is 20.1 Å². The van der Waals surface area contributed by atoms with Gasteiger partial charge < -0.3 is 9.88 Å². The second-order valence-corrected chi connectivity index (χ2v) is 7.85. The molecule has 1 amide bonds. The summed E-state index contributed by atoms with van der Waals surface area (Å²) in [5.74, 6) is 3.47. The van der Waals surface area contributed by atoms with E-state index in [4.69, 9.17) is 0 Å². The average Bonchev–Trinajstić information content (AvgIpc) is 3.26. The van der Waals surface area contributed by atoms with E-state index in [-0.39, 0.29) is 5.91 Å². The molecule has 0 saturated heterocycles. The zero-order chi connectivity index (χ0) is 15.7. The van der Waals surface area contributed by atoms with Crippen LogP contribution in [0.3, 0.4) is 0 Å². The zero-order valence-electron chi connectivity index (χ0n) is 13.7. The molecule has 2 saturated carbocycles. The summed E-state index contributed by atoms with van der Waals surface area (Å²) in [6, 6.07) is 0.332. The van der Waals surface area contributed by atoms with Crippen molar-refractivity contribution in [2.75, 3.05) is 5.75 Å². The molecule has 1 aromatic heterocycles. The van der Waals surface area contributed by atoms with Crippen LogP contribution in [0.4, 0.5) is 0 Å². The molecule has 1 aromatic rings. The SMILES string of the molecule is C[C@@H]1[C@H](C)CCC[C@H]1NC(=O)CSc1nnc(C2CC2)n1C. The number of rotatable bonds is 5. The van der Waals surface area contributed by atoms with Crippen LogP contribution in [0.5, 0.6) is 0 Å². The number of nitrogens with one attached hydrogen (secondary N) is 1. The highest BCUT2D eigenvalue weighted by Gasteiger charge is 2.30. The topological polar surface area (TPSA) is 59.8 Å². The maximum absolute atomic E-state index is 12.2. The minimum atomic E-state index is 0.118. The number of aromatic nitrogens is 3. The molecular weight excluding hydrogens is 296 g/mol. The summed E-state index contributed by atoms with van der Waals surface area (Å²) in [7, 11) is 2.00. The molecule has 0 unspecified atom stereocenters. The van der Waals surface area contributed by atoms with E-state index in [9.17, 15) is 4.79 Å². The summed E-state index contributed by atoms with van der Waals surface area (Å²) in [5.41, 5.74) is 0. The molecule has 0 radical (unpaired) electrons. The first-order chi connectivity index (χ1) is 10.6. The van der Waals surface area contributed by atoms with Gasteiger partial charge in [0.25, 0.3) is 0 Å². The summed E-state index contributed by atoms with van der Waals surface area (Å²) >= 11 is 1.49. The Kier molecular flexibility index (Phi) is 4.76. The van der Waals surface area contributed by atoms with Crippen LogP contribution in [-0.2, 0) is 11.8 Å². The Bertz CT molecular complexity index is 540. The smallest absolute Gasteiger partial charge is 0.230 e. The monoisotopic (exact) mass is 322 g/mol. The fourth-order valence-corrected chi connectivity index (χ4v) is 4.04. The summed E-state index contributed by atoms with van der Waals surface area (Å²) in [6.07, 6.45) is 6.05. The second-order valence-electron chi connectivity index (χ2n) is 6.90. The van der Waals surface area contributed by atoms with E-state index < -0.39 is 0 Å². The van der Waals surface area contributed by atoms with Gasteiger partial charge in [-0.2, -0.15) is 0 Å². The second kappa shape index (κ2) is 6.60. The molecule has 22 heavy (non-hydrogen) atoms. The zero-order valence-corrected chi connectivity index (χ0v) is 14.5. The van der Waals surface area contributed by atoms with Crippen LogP contribution < -0.4 is 5.32 Å². The molecule has 3 atom stereocenters. The molecule has 2 aliphatic rings. The minimum absolute atomic E-state index is 0.118. The predicted octanol–water partition coefficient (Wildman–Crippen LogP) is 2.73. The van der Waals surface area contributed by atoms with Gasteiger partial charge in [-0.25, -0.2) is 0 Å². The average molecular weight is 322 g/mol. The van der Waals surface area contributed by atoms with Gasteiger partial charge in [-0.1, -0.05) is 38.5 Å². The molecule has 5 nitrogen and oxygen atoms in total. The van der Waals surface area contributed by atoms with Gasteiger partial charge in [-0.15, -0.1) is 10.2 Å². The molecular formula is C16H26N4OS. The van der Waals surface area contributed by atoms with E-state index in [1.165, 1.54) is 37.4 Å². The molecule has 2 fully saturated rings. The van der Waals surface area contributed by atoms with E-state index in [1.807, 2.05) is 11.6 Å². The van der Waals surface area contributed by atoms with E-state index in [1.54, 1.807) is 0 Å². The van der Waals surface area contributed by atoms with Gasteiger partial charge in [-0.3, -0.25) is 4.79 Å². The first kappa shape index (κ1) is 15.8. The summed E-state index contributed by atoms with van der Waals surface area (Å²) in [5, 5.41) is 12.5. The summed E-state index contributed by atoms with van der Waals surface area (Å²) in [6.45, 7) is 4.54. The van der Waals surface area contributed by atoms with Crippen molar-refractivity contribution >= 4 is 17.7 Å². The number of hydrogen-bond donors (Lipinski definition) is 1. The highest BCUT2D eigenvalue weighted by atomic mass is 32.2. The fraction of sp³-hybridized carbons (Fsp3) is 0.812. The maximum atomic E-state index is 12.2. The van der Waals surface area contributed by atoms with Gasteiger partial charge >= 0.3 is 0 Å². The van der Waals surface area contributed by atoms with Crippen LogP contribution in [0.15, 0.2) is 5.16 Å².